The van der Waals surface area contributed by atoms with Gasteiger partial charge in [0.05, 0.1) is 13.2 Å². The number of H-pyrrole nitrogens is 1. The van der Waals surface area contributed by atoms with Crippen LogP contribution in [0.1, 0.15) is 23.0 Å². The van der Waals surface area contributed by atoms with Crippen LogP contribution in [0.25, 0.3) is 0 Å². The summed E-state index contributed by atoms with van der Waals surface area (Å²) in [6.45, 7) is 2.68. The lowest BCUT2D eigenvalue weighted by Gasteiger charge is -2.06. The lowest BCUT2D eigenvalue weighted by molar-refractivity contribution is 0.0685. The van der Waals surface area contributed by atoms with E-state index in [1.54, 1.807) is 24.3 Å². The molecule has 0 bridgehead atoms. The van der Waals surface area contributed by atoms with Crippen molar-refractivity contribution in [3.8, 4) is 5.75 Å². The Morgan fingerprint density at radius 2 is 2.05 bits per heavy atom. The first-order valence-corrected chi connectivity index (χ1v) is 5.85. The maximum Gasteiger partial charge on any atom is 0.354 e. The molecule has 1 heterocycles. The molecule has 19 heavy (non-hydrogen) atoms. The van der Waals surface area contributed by atoms with Gasteiger partial charge in [0.1, 0.15) is 11.4 Å². The maximum absolute atomic E-state index is 11.5. The summed E-state index contributed by atoms with van der Waals surface area (Å²) in [4.78, 5) is 24.9. The van der Waals surface area contributed by atoms with Gasteiger partial charge in [-0.25, -0.2) is 9.59 Å². The van der Waals surface area contributed by atoms with Gasteiger partial charge in [-0.3, -0.25) is 4.57 Å². The molecule has 0 spiro atoms. The second-order valence-electron chi connectivity index (χ2n) is 3.95. The molecule has 2 aromatic rings. The van der Waals surface area contributed by atoms with Gasteiger partial charge >= 0.3 is 11.7 Å². The summed E-state index contributed by atoms with van der Waals surface area (Å²) in [7, 11) is 0. The first-order chi connectivity index (χ1) is 9.11. The molecule has 6 nitrogen and oxygen atoms in total. The van der Waals surface area contributed by atoms with Gasteiger partial charge < -0.3 is 14.8 Å². The van der Waals surface area contributed by atoms with Crippen LogP contribution < -0.4 is 10.4 Å². The number of nitrogens with one attached hydrogen (secondary N) is 1. The Hall–Kier alpha value is -2.50. The van der Waals surface area contributed by atoms with Crippen molar-refractivity contribution in [2.24, 2.45) is 0 Å². The zero-order valence-electron chi connectivity index (χ0n) is 10.4. The first-order valence-electron chi connectivity index (χ1n) is 5.85. The van der Waals surface area contributed by atoms with Gasteiger partial charge in [0, 0.05) is 6.20 Å². The molecule has 0 saturated carbocycles. The Morgan fingerprint density at radius 3 is 2.63 bits per heavy atom. The number of carbonyl (C=O) groups is 1. The fourth-order valence-electron chi connectivity index (χ4n) is 1.77. The predicted octanol–water partition coefficient (Wildman–Crippen LogP) is 1.32. The summed E-state index contributed by atoms with van der Waals surface area (Å²) in [6.07, 6.45) is 1.19. The number of imidazole rings is 1. The summed E-state index contributed by atoms with van der Waals surface area (Å²) in [5, 5.41) is 8.97. The highest BCUT2D eigenvalue weighted by molar-refractivity contribution is 5.85. The second kappa shape index (κ2) is 5.43. The first kappa shape index (κ1) is 12.9. The summed E-state index contributed by atoms with van der Waals surface area (Å²) < 4.78 is 6.49. The Morgan fingerprint density at radius 1 is 1.37 bits per heavy atom. The van der Waals surface area contributed by atoms with Gasteiger partial charge in [-0.1, -0.05) is 12.1 Å². The molecular formula is C13H14N2O4. The van der Waals surface area contributed by atoms with Crippen LogP contribution in [-0.2, 0) is 6.54 Å². The number of hydrogen-bond donors (Lipinski definition) is 2. The molecular weight excluding hydrogens is 248 g/mol. The van der Waals surface area contributed by atoms with E-state index in [0.717, 1.165) is 11.3 Å². The highest BCUT2D eigenvalue weighted by atomic mass is 16.5. The normalized spacial score (nSPS) is 10.4. The molecule has 0 radical (unpaired) electrons. The number of carboxylic acid groups (broad SMARTS) is 1. The summed E-state index contributed by atoms with van der Waals surface area (Å²) in [5.41, 5.74) is 0.331. The molecule has 2 rings (SSSR count). The van der Waals surface area contributed by atoms with Crippen LogP contribution in [0, 0.1) is 0 Å². The largest absolute Gasteiger partial charge is 0.494 e. The fourth-order valence-corrected chi connectivity index (χ4v) is 1.77. The number of aromatic amines is 1. The van der Waals surface area contributed by atoms with Crippen LogP contribution in [-0.4, -0.2) is 27.2 Å². The van der Waals surface area contributed by atoms with E-state index in [2.05, 4.69) is 4.98 Å². The van der Waals surface area contributed by atoms with Gasteiger partial charge in [0.25, 0.3) is 0 Å². The maximum atomic E-state index is 11.5. The van der Waals surface area contributed by atoms with E-state index in [-0.39, 0.29) is 12.2 Å². The number of nitrogens with zero attached hydrogens (tertiary/aromatic N) is 1. The van der Waals surface area contributed by atoms with Crippen LogP contribution >= 0.6 is 0 Å². The average Bonchev–Trinajstić information content (AvgIpc) is 2.74. The fraction of sp³-hybridized carbons (Fsp3) is 0.231. The molecule has 6 heteroatoms. The van der Waals surface area contributed by atoms with Gasteiger partial charge in [-0.2, -0.15) is 0 Å². The van der Waals surface area contributed by atoms with Crippen molar-refractivity contribution in [3.63, 3.8) is 0 Å². The SMILES string of the molecule is CCOc1ccc(Cn2c(C(=O)O)c[nH]c2=O)cc1. The Kier molecular flexibility index (Phi) is 3.70. The van der Waals surface area contributed by atoms with Gasteiger partial charge in [-0.15, -0.1) is 0 Å². The van der Waals surface area contributed by atoms with E-state index in [1.165, 1.54) is 10.8 Å². The number of aromatic nitrogens is 2. The van der Waals surface area contributed by atoms with Crippen molar-refractivity contribution < 1.29 is 14.6 Å². The third kappa shape index (κ3) is 2.85. The zero-order chi connectivity index (χ0) is 13.8. The van der Waals surface area contributed by atoms with E-state index in [4.69, 9.17) is 9.84 Å². The van der Waals surface area contributed by atoms with Crippen molar-refractivity contribution >= 4 is 5.97 Å². The third-order valence-corrected chi connectivity index (χ3v) is 2.66. The molecule has 0 aliphatic rings. The minimum atomic E-state index is -1.13. The third-order valence-electron chi connectivity index (χ3n) is 2.66. The molecule has 0 unspecified atom stereocenters. The topological polar surface area (TPSA) is 84.3 Å². The quantitative estimate of drug-likeness (QED) is 0.851. The number of benzene rings is 1. The van der Waals surface area contributed by atoms with Crippen LogP contribution in [0.15, 0.2) is 35.3 Å². The second-order valence-corrected chi connectivity index (χ2v) is 3.95. The molecule has 0 saturated heterocycles. The van der Waals surface area contributed by atoms with Gasteiger partial charge in [0.15, 0.2) is 0 Å². The highest BCUT2D eigenvalue weighted by Crippen LogP contribution is 2.13. The molecule has 2 N–H and O–H groups in total. The van der Waals surface area contributed by atoms with E-state index >= 15 is 0 Å². The van der Waals surface area contributed by atoms with Crippen LogP contribution in [0.2, 0.25) is 0 Å². The summed E-state index contributed by atoms with van der Waals surface area (Å²) in [6, 6.07) is 7.18. The van der Waals surface area contributed by atoms with Crippen molar-refractivity contribution in [2.45, 2.75) is 13.5 Å². The van der Waals surface area contributed by atoms with Crippen LogP contribution in [0.3, 0.4) is 0 Å². The van der Waals surface area contributed by atoms with Crippen molar-refractivity contribution in [3.05, 3.63) is 52.2 Å². The van der Waals surface area contributed by atoms with Crippen LogP contribution in [0.5, 0.6) is 5.75 Å². The summed E-state index contributed by atoms with van der Waals surface area (Å²) >= 11 is 0. The number of rotatable bonds is 5. The van der Waals surface area contributed by atoms with E-state index in [0.29, 0.717) is 6.61 Å². The predicted molar refractivity (Wildman–Crippen MR) is 68.7 cm³/mol. The standard InChI is InChI=1S/C13H14N2O4/c1-2-19-10-5-3-9(4-6-10)8-15-11(12(16)17)7-14-13(15)18/h3-7H,2,8H2,1H3,(H,14,18)(H,16,17). The zero-order valence-corrected chi connectivity index (χ0v) is 10.4. The molecule has 100 valence electrons. The molecule has 0 aliphatic heterocycles. The minimum absolute atomic E-state index is 0.0566. The monoisotopic (exact) mass is 262 g/mol. The average molecular weight is 262 g/mol. The highest BCUT2D eigenvalue weighted by Gasteiger charge is 2.12. The molecule has 0 atom stereocenters. The van der Waals surface area contributed by atoms with Gasteiger partial charge in [-0.05, 0) is 24.6 Å². The van der Waals surface area contributed by atoms with E-state index < -0.39 is 11.7 Å². The number of ether oxygens (including phenoxy) is 1. The molecule has 1 aromatic heterocycles. The van der Waals surface area contributed by atoms with Crippen LogP contribution in [0.4, 0.5) is 0 Å². The Bertz CT molecular complexity index is 625. The Labute approximate surface area is 109 Å². The molecule has 0 aliphatic carbocycles. The van der Waals surface area contributed by atoms with E-state index in [9.17, 15) is 9.59 Å². The number of carboxylic acids is 1. The van der Waals surface area contributed by atoms with Crippen molar-refractivity contribution in [2.75, 3.05) is 6.61 Å². The smallest absolute Gasteiger partial charge is 0.354 e. The lowest BCUT2D eigenvalue weighted by atomic mass is 10.2. The number of hydrogen-bond acceptors (Lipinski definition) is 3. The van der Waals surface area contributed by atoms with Crippen molar-refractivity contribution in [1.82, 2.24) is 9.55 Å². The molecule has 1 aromatic carbocycles. The Balaban J connectivity index is 2.23. The van der Waals surface area contributed by atoms with Gasteiger partial charge in [0.2, 0.25) is 0 Å². The minimum Gasteiger partial charge on any atom is -0.494 e. The number of aromatic carboxylic acids is 1. The molecule has 0 amide bonds. The van der Waals surface area contributed by atoms with E-state index in [1.807, 2.05) is 6.92 Å². The summed E-state index contributed by atoms with van der Waals surface area (Å²) in [5.74, 6) is -0.393. The molecule has 0 fully saturated rings. The van der Waals surface area contributed by atoms with Crippen molar-refractivity contribution in [1.29, 1.82) is 0 Å². The lowest BCUT2D eigenvalue weighted by Crippen LogP contribution is -2.21.